The van der Waals surface area contributed by atoms with Gasteiger partial charge in [-0.25, -0.2) is 0 Å². The van der Waals surface area contributed by atoms with Crippen LogP contribution in [0, 0.1) is 11.8 Å². The van der Waals surface area contributed by atoms with E-state index in [1.165, 1.54) is 7.11 Å². The SMILES string of the molecule is COC(=O)[C@H]1CC[C@@H](C/C(=N/O)Nc2cccc(Cl)c2)CC1. The fourth-order valence-electron chi connectivity index (χ4n) is 2.89. The van der Waals surface area contributed by atoms with Crippen molar-refractivity contribution in [2.45, 2.75) is 32.1 Å². The third-order valence-corrected chi connectivity index (χ3v) is 4.33. The van der Waals surface area contributed by atoms with E-state index in [9.17, 15) is 10.0 Å². The topological polar surface area (TPSA) is 70.9 Å². The molecule has 0 aromatic heterocycles. The van der Waals surface area contributed by atoms with Crippen molar-refractivity contribution in [3.63, 3.8) is 0 Å². The molecule has 0 spiro atoms. The van der Waals surface area contributed by atoms with Crippen molar-refractivity contribution >= 4 is 29.1 Å². The Morgan fingerprint density at radius 2 is 2.14 bits per heavy atom. The minimum absolute atomic E-state index is 0.0108. The summed E-state index contributed by atoms with van der Waals surface area (Å²) in [5, 5.41) is 16.2. The molecule has 1 aromatic carbocycles. The lowest BCUT2D eigenvalue weighted by molar-refractivity contribution is -0.146. The maximum absolute atomic E-state index is 11.5. The van der Waals surface area contributed by atoms with Crippen molar-refractivity contribution < 1.29 is 14.7 Å². The summed E-state index contributed by atoms with van der Waals surface area (Å²) in [7, 11) is 1.43. The Bertz CT molecular complexity index is 540. The highest BCUT2D eigenvalue weighted by atomic mass is 35.5. The summed E-state index contributed by atoms with van der Waals surface area (Å²) in [6.07, 6.45) is 4.16. The van der Waals surface area contributed by atoms with Gasteiger partial charge < -0.3 is 15.3 Å². The number of rotatable bonds is 4. The zero-order valence-electron chi connectivity index (χ0n) is 12.6. The third-order valence-electron chi connectivity index (χ3n) is 4.10. The number of hydrogen-bond acceptors (Lipinski definition) is 4. The van der Waals surface area contributed by atoms with Crippen molar-refractivity contribution in [2.24, 2.45) is 17.0 Å². The maximum atomic E-state index is 11.5. The molecule has 0 saturated heterocycles. The van der Waals surface area contributed by atoms with E-state index in [2.05, 4.69) is 10.5 Å². The molecule has 6 heteroatoms. The van der Waals surface area contributed by atoms with Crippen LogP contribution in [-0.4, -0.2) is 24.1 Å². The molecule has 120 valence electrons. The minimum Gasteiger partial charge on any atom is -0.469 e. The number of nitrogens with one attached hydrogen (secondary N) is 1. The van der Waals surface area contributed by atoms with Gasteiger partial charge in [0.2, 0.25) is 0 Å². The summed E-state index contributed by atoms with van der Waals surface area (Å²) < 4.78 is 4.79. The molecule has 0 radical (unpaired) electrons. The van der Waals surface area contributed by atoms with E-state index in [4.69, 9.17) is 16.3 Å². The predicted octanol–water partition coefficient (Wildman–Crippen LogP) is 3.91. The minimum atomic E-state index is -0.119. The van der Waals surface area contributed by atoms with Crippen molar-refractivity contribution in [1.29, 1.82) is 0 Å². The third kappa shape index (κ3) is 4.63. The molecule has 1 fully saturated rings. The molecule has 0 bridgehead atoms. The molecule has 0 aliphatic heterocycles. The largest absolute Gasteiger partial charge is 0.469 e. The monoisotopic (exact) mass is 324 g/mol. The smallest absolute Gasteiger partial charge is 0.308 e. The van der Waals surface area contributed by atoms with E-state index in [0.29, 0.717) is 23.2 Å². The first-order chi connectivity index (χ1) is 10.6. The Kier molecular flexibility index (Phi) is 6.07. The molecule has 22 heavy (non-hydrogen) atoms. The maximum Gasteiger partial charge on any atom is 0.308 e. The van der Waals surface area contributed by atoms with Crippen LogP contribution < -0.4 is 5.32 Å². The number of benzene rings is 1. The van der Waals surface area contributed by atoms with E-state index in [-0.39, 0.29) is 11.9 Å². The highest BCUT2D eigenvalue weighted by molar-refractivity contribution is 6.30. The predicted molar refractivity (Wildman–Crippen MR) is 86.4 cm³/mol. The van der Waals surface area contributed by atoms with Crippen LogP contribution in [-0.2, 0) is 9.53 Å². The van der Waals surface area contributed by atoms with Gasteiger partial charge in [0.25, 0.3) is 0 Å². The Hall–Kier alpha value is -1.75. The number of carbonyl (C=O) groups is 1. The van der Waals surface area contributed by atoms with Crippen LogP contribution in [0.1, 0.15) is 32.1 Å². The number of carbonyl (C=O) groups excluding carboxylic acids is 1. The molecule has 0 atom stereocenters. The average Bonchev–Trinajstić information content (AvgIpc) is 2.54. The summed E-state index contributed by atoms with van der Waals surface area (Å²) in [6.45, 7) is 0. The average molecular weight is 325 g/mol. The fourth-order valence-corrected chi connectivity index (χ4v) is 3.08. The van der Waals surface area contributed by atoms with Gasteiger partial charge in [-0.05, 0) is 49.8 Å². The Morgan fingerprint density at radius 1 is 1.41 bits per heavy atom. The summed E-state index contributed by atoms with van der Waals surface area (Å²) in [5.74, 6) is 0.811. The standard InChI is InChI=1S/C16H21ClN2O3/c1-22-16(20)12-7-5-11(6-8-12)9-15(19-21)18-14-4-2-3-13(17)10-14/h2-4,10-12,21H,5-9H2,1H3,(H,18,19)/t11-,12+. The number of anilines is 1. The fraction of sp³-hybridized carbons (Fsp3) is 0.500. The molecule has 5 nitrogen and oxygen atoms in total. The number of amidine groups is 1. The molecule has 1 aliphatic carbocycles. The van der Waals surface area contributed by atoms with Crippen LogP contribution >= 0.6 is 11.6 Å². The van der Waals surface area contributed by atoms with Crippen LogP contribution in [0.3, 0.4) is 0 Å². The van der Waals surface area contributed by atoms with Crippen molar-refractivity contribution in [3.05, 3.63) is 29.3 Å². The lowest BCUT2D eigenvalue weighted by Gasteiger charge is -2.27. The second-order valence-electron chi connectivity index (χ2n) is 5.63. The molecule has 1 aliphatic rings. The van der Waals surface area contributed by atoms with E-state index < -0.39 is 0 Å². The number of esters is 1. The number of methoxy groups -OCH3 is 1. The first kappa shape index (κ1) is 16.6. The Morgan fingerprint density at radius 3 is 2.73 bits per heavy atom. The van der Waals surface area contributed by atoms with Crippen LogP contribution in [0.5, 0.6) is 0 Å². The lowest BCUT2D eigenvalue weighted by atomic mass is 9.80. The quantitative estimate of drug-likeness (QED) is 0.289. The second-order valence-corrected chi connectivity index (χ2v) is 6.06. The number of halogens is 1. The van der Waals surface area contributed by atoms with Crippen LogP contribution in [0.25, 0.3) is 0 Å². The molecule has 0 heterocycles. The summed E-state index contributed by atoms with van der Waals surface area (Å²) in [6, 6.07) is 7.27. The van der Waals surface area contributed by atoms with Gasteiger partial charge in [-0.15, -0.1) is 0 Å². The van der Waals surface area contributed by atoms with Gasteiger partial charge in [-0.2, -0.15) is 0 Å². The lowest BCUT2D eigenvalue weighted by Crippen LogP contribution is -2.25. The summed E-state index contributed by atoms with van der Waals surface area (Å²) in [4.78, 5) is 11.5. The van der Waals surface area contributed by atoms with Crippen molar-refractivity contribution in [2.75, 3.05) is 12.4 Å². The van der Waals surface area contributed by atoms with Gasteiger partial charge in [0.1, 0.15) is 5.84 Å². The van der Waals surface area contributed by atoms with Crippen molar-refractivity contribution in [3.8, 4) is 0 Å². The number of hydrogen-bond donors (Lipinski definition) is 2. The summed E-state index contributed by atoms with van der Waals surface area (Å²) >= 11 is 5.94. The zero-order chi connectivity index (χ0) is 15.9. The van der Waals surface area contributed by atoms with Gasteiger partial charge in [0, 0.05) is 17.1 Å². The molecule has 0 amide bonds. The molecule has 1 aromatic rings. The normalized spacial score (nSPS) is 22.2. The highest BCUT2D eigenvalue weighted by Crippen LogP contribution is 2.32. The molecule has 1 saturated carbocycles. The van der Waals surface area contributed by atoms with Gasteiger partial charge >= 0.3 is 5.97 Å². The van der Waals surface area contributed by atoms with Gasteiger partial charge in [-0.3, -0.25) is 4.79 Å². The molecule has 2 N–H and O–H groups in total. The van der Waals surface area contributed by atoms with Crippen molar-refractivity contribution in [1.82, 2.24) is 0 Å². The molecular weight excluding hydrogens is 304 g/mol. The Balaban J connectivity index is 1.86. The zero-order valence-corrected chi connectivity index (χ0v) is 13.3. The Labute approximate surface area is 135 Å². The van der Waals surface area contributed by atoms with E-state index >= 15 is 0 Å². The van der Waals surface area contributed by atoms with Gasteiger partial charge in [0.15, 0.2) is 0 Å². The molecule has 2 rings (SSSR count). The first-order valence-corrected chi connectivity index (χ1v) is 7.81. The van der Waals surface area contributed by atoms with Gasteiger partial charge in [-0.1, -0.05) is 22.8 Å². The van der Waals surface area contributed by atoms with Crippen LogP contribution in [0.2, 0.25) is 5.02 Å². The number of ether oxygens (including phenoxy) is 1. The van der Waals surface area contributed by atoms with E-state index in [1.54, 1.807) is 12.1 Å². The molecule has 0 unspecified atom stereocenters. The number of oxime groups is 1. The van der Waals surface area contributed by atoms with Gasteiger partial charge in [0.05, 0.1) is 13.0 Å². The van der Waals surface area contributed by atoms with E-state index in [1.807, 2.05) is 12.1 Å². The summed E-state index contributed by atoms with van der Waals surface area (Å²) in [5.41, 5.74) is 0.795. The van der Waals surface area contributed by atoms with Crippen LogP contribution in [0.4, 0.5) is 5.69 Å². The van der Waals surface area contributed by atoms with Crippen LogP contribution in [0.15, 0.2) is 29.4 Å². The molecular formula is C16H21ClN2O3. The number of nitrogens with zero attached hydrogens (tertiary/aromatic N) is 1. The second kappa shape index (κ2) is 8.03. The first-order valence-electron chi connectivity index (χ1n) is 7.43. The van der Waals surface area contributed by atoms with E-state index in [0.717, 1.165) is 31.4 Å². The highest BCUT2D eigenvalue weighted by Gasteiger charge is 2.27.